The van der Waals surface area contributed by atoms with Crippen LogP contribution < -0.4 is 5.32 Å². The van der Waals surface area contributed by atoms with Gasteiger partial charge in [0.1, 0.15) is 0 Å². The fourth-order valence-corrected chi connectivity index (χ4v) is 4.13. The van der Waals surface area contributed by atoms with Crippen molar-refractivity contribution in [2.75, 3.05) is 40.5 Å². The maximum atomic E-state index is 5.94. The summed E-state index contributed by atoms with van der Waals surface area (Å²) in [7, 11) is 3.58. The zero-order valence-corrected chi connectivity index (χ0v) is 20.2. The number of halogens is 1. The molecule has 0 atom stereocenters. The van der Waals surface area contributed by atoms with Gasteiger partial charge in [-0.15, -0.1) is 35.3 Å². The number of nitrogens with zero attached hydrogens (tertiary/aromatic N) is 3. The molecule has 1 fully saturated rings. The summed E-state index contributed by atoms with van der Waals surface area (Å²) >= 11 is 1.80. The number of methoxy groups -OCH3 is 1. The van der Waals surface area contributed by atoms with Gasteiger partial charge in [-0.2, -0.15) is 0 Å². The molecule has 0 amide bonds. The monoisotopic (exact) mass is 510 g/mol. The summed E-state index contributed by atoms with van der Waals surface area (Å²) in [6, 6.07) is 0. The quantitative estimate of drug-likeness (QED) is 0.238. The van der Waals surface area contributed by atoms with Crippen molar-refractivity contribution in [2.24, 2.45) is 10.9 Å². The number of aliphatic imine (C=N–C) groups is 1. The highest BCUT2D eigenvalue weighted by Crippen LogP contribution is 2.17. The number of aromatic nitrogens is 1. The maximum absolute atomic E-state index is 5.94. The minimum atomic E-state index is 0. The van der Waals surface area contributed by atoms with E-state index in [-0.39, 0.29) is 24.0 Å². The predicted octanol–water partition coefficient (Wildman–Crippen LogP) is 3.55. The first-order valence-corrected chi connectivity index (χ1v) is 10.4. The highest BCUT2D eigenvalue weighted by molar-refractivity contribution is 14.0. The molecular weight excluding hydrogens is 475 g/mol. The first kappa shape index (κ1) is 24.6. The molecule has 6 nitrogen and oxygen atoms in total. The molecule has 0 bridgehead atoms. The van der Waals surface area contributed by atoms with Crippen LogP contribution in [-0.4, -0.2) is 62.4 Å². The lowest BCUT2D eigenvalue weighted by atomic mass is 10.1. The molecule has 1 N–H and O–H groups in total. The molecule has 1 aliphatic heterocycles. The van der Waals surface area contributed by atoms with Gasteiger partial charge < -0.3 is 19.7 Å². The molecule has 156 valence electrons. The molecule has 0 unspecified atom stereocenters. The van der Waals surface area contributed by atoms with E-state index in [0.29, 0.717) is 12.0 Å². The number of thiazole rings is 1. The van der Waals surface area contributed by atoms with Gasteiger partial charge in [0, 0.05) is 58.0 Å². The Morgan fingerprint density at radius 3 is 2.74 bits per heavy atom. The SMILES string of the molecule is CN=C(NCc1cnc(CC(C)C)s1)N1CCC(OCCCOC)CC1.I. The molecule has 0 aliphatic carbocycles. The Hall–Kier alpha value is -0.450. The van der Waals surface area contributed by atoms with Crippen molar-refractivity contribution in [3.05, 3.63) is 16.1 Å². The van der Waals surface area contributed by atoms with Gasteiger partial charge in [0.2, 0.25) is 0 Å². The number of likely N-dealkylation sites (tertiary alicyclic amines) is 1. The highest BCUT2D eigenvalue weighted by Gasteiger charge is 2.21. The average Bonchev–Trinajstić information content (AvgIpc) is 3.07. The zero-order valence-electron chi connectivity index (χ0n) is 17.1. The van der Waals surface area contributed by atoms with E-state index in [2.05, 4.69) is 34.0 Å². The Morgan fingerprint density at radius 2 is 2.11 bits per heavy atom. The standard InChI is InChI=1S/C19H34N4O2S.HI/c1-15(2)12-18-21-13-17(26-18)14-22-19(20-3)23-8-6-16(7-9-23)25-11-5-10-24-4;/h13,15-16H,5-12,14H2,1-4H3,(H,20,22);1H. The zero-order chi connectivity index (χ0) is 18.8. The minimum Gasteiger partial charge on any atom is -0.385 e. The van der Waals surface area contributed by atoms with Gasteiger partial charge in [-0.1, -0.05) is 13.8 Å². The van der Waals surface area contributed by atoms with Crippen molar-refractivity contribution in [1.82, 2.24) is 15.2 Å². The Balaban J connectivity index is 0.00000364. The summed E-state index contributed by atoms with van der Waals surface area (Å²) in [5, 5.41) is 4.71. The third-order valence-corrected chi connectivity index (χ3v) is 5.42. The van der Waals surface area contributed by atoms with E-state index >= 15 is 0 Å². The Kier molecular flexibility index (Phi) is 12.5. The Bertz CT molecular complexity index is 546. The molecule has 1 aromatic heterocycles. The topological polar surface area (TPSA) is 59.0 Å². The summed E-state index contributed by atoms with van der Waals surface area (Å²) in [6.07, 6.45) is 6.47. The number of hydrogen-bond acceptors (Lipinski definition) is 5. The van der Waals surface area contributed by atoms with Crippen molar-refractivity contribution in [1.29, 1.82) is 0 Å². The largest absolute Gasteiger partial charge is 0.385 e. The second-order valence-electron chi connectivity index (χ2n) is 7.12. The summed E-state index contributed by atoms with van der Waals surface area (Å²) in [5.41, 5.74) is 0. The summed E-state index contributed by atoms with van der Waals surface area (Å²) < 4.78 is 11.0. The predicted molar refractivity (Wildman–Crippen MR) is 123 cm³/mol. The lowest BCUT2D eigenvalue weighted by Crippen LogP contribution is -2.46. The summed E-state index contributed by atoms with van der Waals surface area (Å²) in [4.78, 5) is 12.6. The van der Waals surface area contributed by atoms with Crippen molar-refractivity contribution >= 4 is 41.3 Å². The molecule has 1 saturated heterocycles. The van der Waals surface area contributed by atoms with Crippen LogP contribution in [0, 0.1) is 5.92 Å². The molecule has 2 rings (SSSR count). The van der Waals surface area contributed by atoms with Gasteiger partial charge >= 0.3 is 0 Å². The molecule has 0 aromatic carbocycles. The van der Waals surface area contributed by atoms with Crippen LogP contribution in [0.4, 0.5) is 0 Å². The first-order valence-electron chi connectivity index (χ1n) is 9.62. The summed E-state index contributed by atoms with van der Waals surface area (Å²) in [6.45, 7) is 8.77. The molecule has 27 heavy (non-hydrogen) atoms. The fourth-order valence-electron chi connectivity index (χ4n) is 3.06. The smallest absolute Gasteiger partial charge is 0.193 e. The van der Waals surface area contributed by atoms with E-state index in [4.69, 9.17) is 9.47 Å². The van der Waals surface area contributed by atoms with Crippen molar-refractivity contribution in [3.8, 4) is 0 Å². The molecule has 1 aliphatic rings. The first-order chi connectivity index (χ1) is 12.6. The third kappa shape index (κ3) is 9.06. The van der Waals surface area contributed by atoms with Crippen LogP contribution in [0.15, 0.2) is 11.2 Å². The van der Waals surface area contributed by atoms with Crippen LogP contribution in [0.5, 0.6) is 0 Å². The molecule has 1 aromatic rings. The van der Waals surface area contributed by atoms with Crippen LogP contribution in [-0.2, 0) is 22.4 Å². The molecule has 8 heteroatoms. The molecule has 2 heterocycles. The Labute approximate surface area is 185 Å². The Morgan fingerprint density at radius 1 is 1.37 bits per heavy atom. The van der Waals surface area contributed by atoms with Crippen molar-refractivity contribution < 1.29 is 9.47 Å². The number of hydrogen-bond donors (Lipinski definition) is 1. The van der Waals surface area contributed by atoms with Gasteiger partial charge in [0.05, 0.1) is 17.7 Å². The van der Waals surface area contributed by atoms with Crippen LogP contribution in [0.1, 0.15) is 43.0 Å². The van der Waals surface area contributed by atoms with Gasteiger partial charge in [0.25, 0.3) is 0 Å². The van der Waals surface area contributed by atoms with E-state index in [1.165, 1.54) is 9.88 Å². The fraction of sp³-hybridized carbons (Fsp3) is 0.789. The van der Waals surface area contributed by atoms with E-state index in [1.807, 2.05) is 13.2 Å². The number of ether oxygens (including phenoxy) is 2. The van der Waals surface area contributed by atoms with E-state index in [9.17, 15) is 0 Å². The average molecular weight is 510 g/mol. The van der Waals surface area contributed by atoms with Crippen molar-refractivity contribution in [3.63, 3.8) is 0 Å². The van der Waals surface area contributed by atoms with Crippen LogP contribution >= 0.6 is 35.3 Å². The van der Waals surface area contributed by atoms with E-state index in [0.717, 1.165) is 64.5 Å². The lowest BCUT2D eigenvalue weighted by molar-refractivity contribution is 0.00990. The maximum Gasteiger partial charge on any atom is 0.193 e. The second-order valence-corrected chi connectivity index (χ2v) is 8.32. The second kappa shape index (κ2) is 13.7. The number of guanidine groups is 1. The van der Waals surface area contributed by atoms with Gasteiger partial charge in [0.15, 0.2) is 5.96 Å². The molecule has 0 spiro atoms. The lowest BCUT2D eigenvalue weighted by Gasteiger charge is -2.34. The van der Waals surface area contributed by atoms with Gasteiger partial charge in [-0.3, -0.25) is 4.99 Å². The molecule has 0 saturated carbocycles. The van der Waals surface area contributed by atoms with Gasteiger partial charge in [-0.25, -0.2) is 4.98 Å². The minimum absolute atomic E-state index is 0. The van der Waals surface area contributed by atoms with Crippen LogP contribution in [0.25, 0.3) is 0 Å². The molecule has 0 radical (unpaired) electrons. The molecular formula is C19H35IN4O2S. The van der Waals surface area contributed by atoms with E-state index < -0.39 is 0 Å². The third-order valence-electron chi connectivity index (χ3n) is 4.40. The number of piperidine rings is 1. The van der Waals surface area contributed by atoms with Gasteiger partial charge in [-0.05, 0) is 25.2 Å². The van der Waals surface area contributed by atoms with Crippen LogP contribution in [0.3, 0.4) is 0 Å². The number of nitrogens with one attached hydrogen (secondary N) is 1. The number of rotatable bonds is 9. The van der Waals surface area contributed by atoms with Crippen LogP contribution in [0.2, 0.25) is 0 Å². The summed E-state index contributed by atoms with van der Waals surface area (Å²) in [5.74, 6) is 1.62. The normalized spacial score (nSPS) is 15.9. The van der Waals surface area contributed by atoms with E-state index in [1.54, 1.807) is 18.4 Å². The van der Waals surface area contributed by atoms with Crippen molar-refractivity contribution in [2.45, 2.75) is 52.2 Å². The highest BCUT2D eigenvalue weighted by atomic mass is 127.